The number of hydrogen-bond acceptors (Lipinski definition) is 6. The summed E-state index contributed by atoms with van der Waals surface area (Å²) in [5.41, 5.74) is 2.07. The van der Waals surface area contributed by atoms with Gasteiger partial charge in [-0.25, -0.2) is 9.97 Å². The summed E-state index contributed by atoms with van der Waals surface area (Å²) < 4.78 is 10.6. The van der Waals surface area contributed by atoms with E-state index in [1.165, 1.54) is 0 Å². The van der Waals surface area contributed by atoms with E-state index in [1.807, 2.05) is 19.1 Å². The molecular formula is C17H26IN5O2S. The average molecular weight is 491 g/mol. The molecule has 0 atom stereocenters. The van der Waals surface area contributed by atoms with Gasteiger partial charge < -0.3 is 20.1 Å². The van der Waals surface area contributed by atoms with Crippen LogP contribution in [0.5, 0.6) is 5.88 Å². The highest BCUT2D eigenvalue weighted by molar-refractivity contribution is 14.0. The molecule has 2 aromatic heterocycles. The molecular weight excluding hydrogens is 465 g/mol. The van der Waals surface area contributed by atoms with Gasteiger partial charge >= 0.3 is 0 Å². The topological polar surface area (TPSA) is 80.7 Å². The molecule has 2 aromatic rings. The second-order valence-electron chi connectivity index (χ2n) is 5.27. The highest BCUT2D eigenvalue weighted by Crippen LogP contribution is 2.13. The number of nitrogens with zero attached hydrogens (tertiary/aromatic N) is 3. The first-order valence-corrected chi connectivity index (χ1v) is 9.02. The van der Waals surface area contributed by atoms with Crippen LogP contribution in [0.2, 0.25) is 0 Å². The molecule has 26 heavy (non-hydrogen) atoms. The van der Waals surface area contributed by atoms with Gasteiger partial charge in [-0.15, -0.1) is 35.3 Å². The van der Waals surface area contributed by atoms with Gasteiger partial charge in [0.15, 0.2) is 5.96 Å². The summed E-state index contributed by atoms with van der Waals surface area (Å²) in [7, 11) is 3.40. The van der Waals surface area contributed by atoms with E-state index in [0.717, 1.165) is 35.2 Å². The van der Waals surface area contributed by atoms with Crippen molar-refractivity contribution in [3.8, 4) is 5.88 Å². The molecule has 0 bridgehead atoms. The van der Waals surface area contributed by atoms with Crippen LogP contribution in [0.4, 0.5) is 0 Å². The fourth-order valence-electron chi connectivity index (χ4n) is 2.14. The molecule has 0 unspecified atom stereocenters. The lowest BCUT2D eigenvalue weighted by atomic mass is 10.2. The van der Waals surface area contributed by atoms with Crippen molar-refractivity contribution >= 4 is 41.3 Å². The standard InChI is InChI=1S/C17H25N5O2S.HI/c1-13-22-15(12-25-13)6-8-20-17(18-2)21-11-14-5-4-7-19-16(14)24-10-9-23-3;/h4-5,7,12H,6,8-11H2,1-3H3,(H2,18,20,21);1H. The number of aryl methyl sites for hydroxylation is 1. The summed E-state index contributed by atoms with van der Waals surface area (Å²) in [4.78, 5) is 13.0. The monoisotopic (exact) mass is 491 g/mol. The van der Waals surface area contributed by atoms with Gasteiger partial charge in [-0.1, -0.05) is 6.07 Å². The van der Waals surface area contributed by atoms with Gasteiger partial charge in [0.1, 0.15) is 6.61 Å². The largest absolute Gasteiger partial charge is 0.475 e. The number of rotatable bonds is 9. The number of thiazole rings is 1. The Morgan fingerprint density at radius 2 is 2.15 bits per heavy atom. The van der Waals surface area contributed by atoms with Gasteiger partial charge in [0.2, 0.25) is 5.88 Å². The Labute approximate surface area is 175 Å². The van der Waals surface area contributed by atoms with E-state index in [-0.39, 0.29) is 24.0 Å². The first-order valence-electron chi connectivity index (χ1n) is 8.14. The minimum Gasteiger partial charge on any atom is -0.475 e. The van der Waals surface area contributed by atoms with Crippen LogP contribution in [-0.4, -0.2) is 49.8 Å². The molecule has 0 saturated carbocycles. The molecule has 7 nitrogen and oxygen atoms in total. The Hall–Kier alpha value is -1.46. The van der Waals surface area contributed by atoms with Crippen molar-refractivity contribution in [2.75, 3.05) is 33.9 Å². The second kappa shape index (κ2) is 12.8. The molecule has 0 fully saturated rings. The number of halogens is 1. The average Bonchev–Trinajstić information content (AvgIpc) is 3.04. The molecule has 2 heterocycles. The molecule has 0 radical (unpaired) electrons. The molecule has 0 aliphatic carbocycles. The Kier molecular flexibility index (Phi) is 11.1. The van der Waals surface area contributed by atoms with Crippen molar-refractivity contribution in [3.63, 3.8) is 0 Å². The van der Waals surface area contributed by atoms with Crippen LogP contribution in [0.3, 0.4) is 0 Å². The number of aliphatic imine (C=N–C) groups is 1. The lowest BCUT2D eigenvalue weighted by Gasteiger charge is -2.13. The normalized spacial score (nSPS) is 11.0. The Morgan fingerprint density at radius 1 is 1.31 bits per heavy atom. The van der Waals surface area contributed by atoms with Crippen molar-refractivity contribution in [2.45, 2.75) is 19.9 Å². The lowest BCUT2D eigenvalue weighted by molar-refractivity contribution is 0.143. The number of nitrogens with one attached hydrogen (secondary N) is 2. The number of methoxy groups -OCH3 is 1. The van der Waals surface area contributed by atoms with Gasteiger partial charge in [-0.3, -0.25) is 4.99 Å². The highest BCUT2D eigenvalue weighted by atomic mass is 127. The third-order valence-electron chi connectivity index (χ3n) is 3.39. The summed E-state index contributed by atoms with van der Waals surface area (Å²) in [6.07, 6.45) is 2.58. The first-order chi connectivity index (χ1) is 12.2. The first kappa shape index (κ1) is 22.6. The van der Waals surface area contributed by atoms with Crippen molar-refractivity contribution in [1.82, 2.24) is 20.6 Å². The number of aromatic nitrogens is 2. The summed E-state index contributed by atoms with van der Waals surface area (Å²) >= 11 is 1.67. The van der Waals surface area contributed by atoms with Crippen LogP contribution in [0, 0.1) is 6.92 Å². The maximum atomic E-state index is 5.64. The zero-order valence-electron chi connectivity index (χ0n) is 15.3. The number of hydrogen-bond donors (Lipinski definition) is 2. The Balaban J connectivity index is 0.00000338. The third-order valence-corrected chi connectivity index (χ3v) is 4.21. The van der Waals surface area contributed by atoms with Gasteiger partial charge in [0.25, 0.3) is 0 Å². The molecule has 144 valence electrons. The lowest BCUT2D eigenvalue weighted by Crippen LogP contribution is -2.38. The van der Waals surface area contributed by atoms with Crippen LogP contribution in [0.25, 0.3) is 0 Å². The molecule has 9 heteroatoms. The van der Waals surface area contributed by atoms with Gasteiger partial charge in [-0.05, 0) is 13.0 Å². The summed E-state index contributed by atoms with van der Waals surface area (Å²) in [6, 6.07) is 3.87. The van der Waals surface area contributed by atoms with E-state index in [4.69, 9.17) is 9.47 Å². The maximum absolute atomic E-state index is 5.64. The van der Waals surface area contributed by atoms with E-state index in [2.05, 4.69) is 31.0 Å². The van der Waals surface area contributed by atoms with Crippen molar-refractivity contribution < 1.29 is 9.47 Å². The summed E-state index contributed by atoms with van der Waals surface area (Å²) in [5.74, 6) is 1.35. The van der Waals surface area contributed by atoms with Gasteiger partial charge in [-0.2, -0.15) is 0 Å². The SMILES string of the molecule is CN=C(NCCc1csc(C)n1)NCc1cccnc1OCCOC.I. The highest BCUT2D eigenvalue weighted by Gasteiger charge is 2.06. The predicted octanol–water partition coefficient (Wildman–Crippen LogP) is 2.40. The molecule has 2 rings (SSSR count). The third kappa shape index (κ3) is 7.83. The zero-order chi connectivity index (χ0) is 17.9. The maximum Gasteiger partial charge on any atom is 0.218 e. The molecule has 2 N–H and O–H groups in total. The smallest absolute Gasteiger partial charge is 0.218 e. The predicted molar refractivity (Wildman–Crippen MR) is 116 cm³/mol. The minimum atomic E-state index is 0. The van der Waals surface area contributed by atoms with Crippen molar-refractivity contribution in [3.05, 3.63) is 40.0 Å². The fraction of sp³-hybridized carbons (Fsp3) is 0.471. The molecule has 0 spiro atoms. The van der Waals surface area contributed by atoms with Crippen LogP contribution < -0.4 is 15.4 Å². The Morgan fingerprint density at radius 3 is 2.85 bits per heavy atom. The summed E-state index contributed by atoms with van der Waals surface area (Å²) in [5, 5.41) is 9.75. The van der Waals surface area contributed by atoms with Crippen LogP contribution in [-0.2, 0) is 17.7 Å². The van der Waals surface area contributed by atoms with Crippen LogP contribution in [0.1, 0.15) is 16.3 Å². The number of guanidine groups is 1. The quantitative estimate of drug-likeness (QED) is 0.243. The van der Waals surface area contributed by atoms with E-state index in [0.29, 0.717) is 25.6 Å². The van der Waals surface area contributed by atoms with E-state index < -0.39 is 0 Å². The van der Waals surface area contributed by atoms with Crippen molar-refractivity contribution in [1.29, 1.82) is 0 Å². The van der Waals surface area contributed by atoms with E-state index in [1.54, 1.807) is 31.7 Å². The molecule has 0 aliphatic heterocycles. The molecule has 0 aromatic carbocycles. The van der Waals surface area contributed by atoms with E-state index in [9.17, 15) is 0 Å². The second-order valence-corrected chi connectivity index (χ2v) is 6.33. The summed E-state index contributed by atoms with van der Waals surface area (Å²) in [6.45, 7) is 4.37. The van der Waals surface area contributed by atoms with Crippen LogP contribution in [0.15, 0.2) is 28.7 Å². The van der Waals surface area contributed by atoms with Gasteiger partial charge in [0, 0.05) is 50.8 Å². The molecule has 0 aliphatic rings. The molecule has 0 saturated heterocycles. The minimum absolute atomic E-state index is 0. The van der Waals surface area contributed by atoms with Crippen LogP contribution >= 0.6 is 35.3 Å². The van der Waals surface area contributed by atoms with Gasteiger partial charge in [0.05, 0.1) is 17.3 Å². The number of pyridine rings is 1. The zero-order valence-corrected chi connectivity index (χ0v) is 18.5. The van der Waals surface area contributed by atoms with Crippen molar-refractivity contribution in [2.24, 2.45) is 4.99 Å². The van der Waals surface area contributed by atoms with E-state index >= 15 is 0 Å². The Bertz CT molecular complexity index is 681. The number of ether oxygens (including phenoxy) is 2. The molecule has 0 amide bonds. The fourth-order valence-corrected chi connectivity index (χ4v) is 2.79.